The van der Waals surface area contributed by atoms with E-state index in [0.717, 1.165) is 50.2 Å². The molecule has 0 atom stereocenters. The van der Waals surface area contributed by atoms with E-state index in [0.29, 0.717) is 56.4 Å². The lowest BCUT2D eigenvalue weighted by atomic mass is 9.99. The highest BCUT2D eigenvalue weighted by Gasteiger charge is 2.28. The van der Waals surface area contributed by atoms with Crippen molar-refractivity contribution in [1.82, 2.24) is 9.97 Å². The number of oxazole rings is 2. The molecular formula is C48H48N2O10S. The molecule has 7 rings (SSSR count). The van der Waals surface area contributed by atoms with Gasteiger partial charge in [-0.15, -0.1) is 11.3 Å². The number of carbonyl (C=O) groups excluding carboxylic acids is 3. The number of ether oxygens (including phenoxy) is 5. The number of methoxy groups -OCH3 is 3. The van der Waals surface area contributed by atoms with E-state index in [2.05, 4.69) is 42.4 Å². The maximum Gasteiger partial charge on any atom is 0.320 e. The van der Waals surface area contributed by atoms with E-state index in [1.807, 2.05) is 92.7 Å². The molecule has 61 heavy (non-hydrogen) atoms. The van der Waals surface area contributed by atoms with E-state index in [1.165, 1.54) is 31.4 Å². The number of nitrogens with zero attached hydrogens (tertiary/aromatic N) is 2. The summed E-state index contributed by atoms with van der Waals surface area (Å²) in [5, 5.41) is 1.20. The van der Waals surface area contributed by atoms with Gasteiger partial charge in [-0.05, 0) is 91.7 Å². The van der Waals surface area contributed by atoms with Crippen LogP contribution in [-0.2, 0) is 54.3 Å². The average molecular weight is 845 g/mol. The smallest absolute Gasteiger partial charge is 0.320 e. The number of aromatic nitrogens is 2. The highest BCUT2D eigenvalue weighted by molar-refractivity contribution is 7.22. The summed E-state index contributed by atoms with van der Waals surface area (Å²) >= 11 is 1.69. The Balaban J connectivity index is 0.000000204. The molecule has 316 valence electrons. The number of carbonyl (C=O) groups is 3. The van der Waals surface area contributed by atoms with E-state index < -0.39 is 17.9 Å². The SMILES string of the molecule is COC(=O)C(Cc1ccc(OCCc2nc(-c3ccccc3)oc2C)cc1)C(=O)OC.COC(=O)CCc1ccc(OCCc2nc(-c3cc4ccccc4s3)oc2C)cc1. The summed E-state index contributed by atoms with van der Waals surface area (Å²) < 4.78 is 38.6. The van der Waals surface area contributed by atoms with Gasteiger partial charge >= 0.3 is 17.9 Å². The van der Waals surface area contributed by atoms with Crippen LogP contribution in [0.4, 0.5) is 0 Å². The largest absolute Gasteiger partial charge is 0.493 e. The second kappa shape index (κ2) is 21.5. The van der Waals surface area contributed by atoms with Crippen molar-refractivity contribution in [1.29, 1.82) is 0 Å². The Bertz CT molecular complexity index is 2460. The Morgan fingerprint density at radius 2 is 1.16 bits per heavy atom. The highest BCUT2D eigenvalue weighted by Crippen LogP contribution is 2.34. The second-order valence-electron chi connectivity index (χ2n) is 13.9. The van der Waals surface area contributed by atoms with E-state index >= 15 is 0 Å². The molecule has 0 aliphatic heterocycles. The van der Waals surface area contributed by atoms with Gasteiger partial charge < -0.3 is 32.5 Å². The molecule has 3 aromatic heterocycles. The molecule has 0 spiro atoms. The van der Waals surface area contributed by atoms with Crippen LogP contribution in [0, 0.1) is 19.8 Å². The normalized spacial score (nSPS) is 10.9. The molecule has 12 nitrogen and oxygen atoms in total. The zero-order valence-electron chi connectivity index (χ0n) is 34.8. The Hall–Kier alpha value is -6.73. The number of rotatable bonds is 17. The average Bonchev–Trinajstić information content (AvgIpc) is 4.01. The Morgan fingerprint density at radius 3 is 1.74 bits per heavy atom. The molecule has 4 aromatic carbocycles. The topological polar surface area (TPSA) is 149 Å². The number of hydrogen-bond donors (Lipinski definition) is 0. The Labute approximate surface area is 358 Å². The molecule has 3 heterocycles. The van der Waals surface area contributed by atoms with Crippen LogP contribution in [0.15, 0.2) is 118 Å². The van der Waals surface area contributed by atoms with Crippen molar-refractivity contribution in [2.75, 3.05) is 34.5 Å². The zero-order chi connectivity index (χ0) is 43.1. The van der Waals surface area contributed by atoms with Gasteiger partial charge in [0.2, 0.25) is 11.8 Å². The standard InChI is InChI=1S/C24H25NO6.C24H23NO4S/c1-16-21(25-22(31-16)18-7-5-4-6-8-18)13-14-30-19-11-9-17(10-12-19)15-20(23(26)28-2)24(27)29-3;1-16-20(25-24(29-16)22-15-18-5-3-4-6-21(18)30-22)13-14-28-19-10-7-17(8-11-19)9-12-23(26)27-2/h4-12,20H,13-15H2,1-3H3;3-8,10-11,15H,9,12-14H2,1-2H3. The lowest BCUT2D eigenvalue weighted by Gasteiger charge is -2.13. The molecule has 0 unspecified atom stereocenters. The first kappa shape index (κ1) is 43.8. The first-order valence-electron chi connectivity index (χ1n) is 19.8. The molecule has 0 saturated carbocycles. The van der Waals surface area contributed by atoms with Crippen LogP contribution in [0.25, 0.3) is 32.3 Å². The maximum absolute atomic E-state index is 11.8. The van der Waals surface area contributed by atoms with Crippen LogP contribution in [0.3, 0.4) is 0 Å². The number of aryl methyl sites for hydroxylation is 3. The molecule has 0 fully saturated rings. The second-order valence-corrected chi connectivity index (χ2v) is 15.0. The summed E-state index contributed by atoms with van der Waals surface area (Å²) in [7, 11) is 3.89. The summed E-state index contributed by atoms with van der Waals surface area (Å²) in [6.45, 7) is 4.78. The van der Waals surface area contributed by atoms with Gasteiger partial charge in [-0.3, -0.25) is 14.4 Å². The third-order valence-electron chi connectivity index (χ3n) is 9.76. The maximum atomic E-state index is 11.8. The number of thiophene rings is 1. The summed E-state index contributed by atoms with van der Waals surface area (Å²) in [4.78, 5) is 45.2. The van der Waals surface area contributed by atoms with Crippen LogP contribution in [0.1, 0.15) is 40.5 Å². The van der Waals surface area contributed by atoms with Gasteiger partial charge in [-0.25, -0.2) is 9.97 Å². The van der Waals surface area contributed by atoms with Gasteiger partial charge in [0.25, 0.3) is 0 Å². The van der Waals surface area contributed by atoms with E-state index in [4.69, 9.17) is 18.3 Å². The van der Waals surface area contributed by atoms with Crippen molar-refractivity contribution in [3.63, 3.8) is 0 Å². The lowest BCUT2D eigenvalue weighted by Crippen LogP contribution is -2.28. The quantitative estimate of drug-likeness (QED) is 0.0488. The first-order chi connectivity index (χ1) is 29.6. The predicted octanol–water partition coefficient (Wildman–Crippen LogP) is 9.37. The van der Waals surface area contributed by atoms with Gasteiger partial charge in [0.1, 0.15) is 23.0 Å². The molecule has 0 aliphatic carbocycles. The summed E-state index contributed by atoms with van der Waals surface area (Å²) in [6, 6.07) is 35.1. The number of esters is 3. The van der Waals surface area contributed by atoms with Gasteiger partial charge in [0.05, 0.1) is 50.8 Å². The molecule has 7 aromatic rings. The highest BCUT2D eigenvalue weighted by atomic mass is 32.1. The lowest BCUT2D eigenvalue weighted by molar-refractivity contribution is -0.158. The monoisotopic (exact) mass is 844 g/mol. The van der Waals surface area contributed by atoms with Crippen LogP contribution < -0.4 is 9.47 Å². The predicted molar refractivity (Wildman–Crippen MR) is 232 cm³/mol. The minimum Gasteiger partial charge on any atom is -0.493 e. The van der Waals surface area contributed by atoms with Crippen molar-refractivity contribution in [2.24, 2.45) is 5.92 Å². The molecule has 0 amide bonds. The van der Waals surface area contributed by atoms with Gasteiger partial charge in [0, 0.05) is 29.5 Å². The van der Waals surface area contributed by atoms with E-state index in [1.54, 1.807) is 23.5 Å². The van der Waals surface area contributed by atoms with E-state index in [-0.39, 0.29) is 12.4 Å². The van der Waals surface area contributed by atoms with Crippen LogP contribution >= 0.6 is 11.3 Å². The van der Waals surface area contributed by atoms with Crippen LogP contribution in [0.5, 0.6) is 11.5 Å². The molecule has 0 bridgehead atoms. The third-order valence-corrected chi connectivity index (χ3v) is 10.9. The van der Waals surface area contributed by atoms with Crippen molar-refractivity contribution < 1.29 is 46.9 Å². The summed E-state index contributed by atoms with van der Waals surface area (Å²) in [5.74, 6) is 1.91. The fraction of sp³-hybridized carbons (Fsp3) is 0.271. The van der Waals surface area contributed by atoms with Gasteiger partial charge in [0.15, 0.2) is 5.92 Å². The minimum atomic E-state index is -0.990. The van der Waals surface area contributed by atoms with Crippen LogP contribution in [-0.4, -0.2) is 62.4 Å². The van der Waals surface area contributed by atoms with Gasteiger partial charge in [-0.2, -0.15) is 0 Å². The van der Waals surface area contributed by atoms with Crippen molar-refractivity contribution in [2.45, 2.75) is 46.0 Å². The number of benzene rings is 4. The van der Waals surface area contributed by atoms with Crippen molar-refractivity contribution in [3.05, 3.63) is 143 Å². The molecule has 0 N–H and O–H groups in total. The van der Waals surface area contributed by atoms with Crippen molar-refractivity contribution in [3.8, 4) is 33.7 Å². The summed E-state index contributed by atoms with van der Waals surface area (Å²) in [6.07, 6.45) is 2.51. The number of hydrogen-bond acceptors (Lipinski definition) is 13. The third kappa shape index (κ3) is 12.2. The first-order valence-corrected chi connectivity index (χ1v) is 20.6. The van der Waals surface area contributed by atoms with Gasteiger partial charge in [-0.1, -0.05) is 60.7 Å². The van der Waals surface area contributed by atoms with Crippen molar-refractivity contribution >= 4 is 39.3 Å². The zero-order valence-corrected chi connectivity index (χ0v) is 35.6. The molecule has 13 heteroatoms. The summed E-state index contributed by atoms with van der Waals surface area (Å²) in [5.41, 5.74) is 4.58. The molecular weight excluding hydrogens is 797 g/mol. The molecule has 0 radical (unpaired) electrons. The fourth-order valence-corrected chi connectivity index (χ4v) is 7.34. The Morgan fingerprint density at radius 1 is 0.623 bits per heavy atom. The van der Waals surface area contributed by atoms with E-state index in [9.17, 15) is 14.4 Å². The fourth-order valence-electron chi connectivity index (χ4n) is 6.35. The molecule has 0 aliphatic rings. The minimum absolute atomic E-state index is 0.194. The molecule has 0 saturated heterocycles. The number of fused-ring (bicyclic) bond motifs is 1. The van der Waals surface area contributed by atoms with Crippen LogP contribution in [0.2, 0.25) is 0 Å². The Kier molecular flexibility index (Phi) is 15.5.